The molecule has 0 aliphatic carbocycles. The lowest BCUT2D eigenvalue weighted by Crippen LogP contribution is -2.49. The van der Waals surface area contributed by atoms with Crippen LogP contribution >= 0.6 is 0 Å². The van der Waals surface area contributed by atoms with E-state index in [9.17, 15) is 4.79 Å². The molecule has 0 unspecified atom stereocenters. The molecule has 2 N–H and O–H groups in total. The van der Waals surface area contributed by atoms with E-state index in [0.717, 1.165) is 47.9 Å². The summed E-state index contributed by atoms with van der Waals surface area (Å²) >= 11 is 0. The van der Waals surface area contributed by atoms with Gasteiger partial charge in [-0.1, -0.05) is 24.3 Å². The van der Waals surface area contributed by atoms with Crippen molar-refractivity contribution >= 4 is 17.2 Å². The van der Waals surface area contributed by atoms with E-state index in [-0.39, 0.29) is 18.1 Å². The third-order valence-corrected chi connectivity index (χ3v) is 5.57. The Balaban J connectivity index is 1.49. The molecule has 1 aliphatic heterocycles. The molecule has 1 amide bonds. The van der Waals surface area contributed by atoms with Gasteiger partial charge in [-0.25, -0.2) is 4.98 Å². The minimum Gasteiger partial charge on any atom is -0.398 e. The van der Waals surface area contributed by atoms with Crippen molar-refractivity contribution in [2.24, 2.45) is 0 Å². The lowest BCUT2D eigenvalue weighted by molar-refractivity contribution is -0.142. The average molecular weight is 422 g/mol. The standard InChI is InChI=1S/C24H31N5O2/c1-24(2,3)31-17-22(30)28-14-12-27(13-15-28)16-20-23(18-8-4-5-9-19(18)25)26-21-10-6-7-11-29(20)21/h4-11H,12-17,25H2,1-3H3. The first-order valence-corrected chi connectivity index (χ1v) is 10.8. The van der Waals surface area contributed by atoms with Crippen molar-refractivity contribution in [2.75, 3.05) is 38.5 Å². The van der Waals surface area contributed by atoms with Crippen molar-refractivity contribution in [3.05, 3.63) is 54.4 Å². The number of fused-ring (bicyclic) bond motifs is 1. The molecule has 2 aromatic heterocycles. The first kappa shape index (κ1) is 21.3. The van der Waals surface area contributed by atoms with Crippen LogP contribution in [0.25, 0.3) is 16.9 Å². The van der Waals surface area contributed by atoms with E-state index >= 15 is 0 Å². The van der Waals surface area contributed by atoms with Crippen LogP contribution < -0.4 is 5.73 Å². The number of ether oxygens (including phenoxy) is 1. The predicted molar refractivity (Wildman–Crippen MR) is 123 cm³/mol. The summed E-state index contributed by atoms with van der Waals surface area (Å²) in [5, 5.41) is 0. The highest BCUT2D eigenvalue weighted by molar-refractivity contribution is 5.78. The quantitative estimate of drug-likeness (QED) is 0.641. The molecule has 0 radical (unpaired) electrons. The fourth-order valence-corrected chi connectivity index (χ4v) is 3.86. The van der Waals surface area contributed by atoms with Crippen LogP contribution in [0.4, 0.5) is 5.69 Å². The number of carbonyl (C=O) groups excluding carboxylic acids is 1. The van der Waals surface area contributed by atoms with Gasteiger partial charge in [-0.15, -0.1) is 0 Å². The maximum Gasteiger partial charge on any atom is 0.248 e. The van der Waals surface area contributed by atoms with Crippen LogP contribution in [0, 0.1) is 0 Å². The molecule has 3 aromatic rings. The minimum absolute atomic E-state index is 0.0575. The van der Waals surface area contributed by atoms with Gasteiger partial charge in [0.1, 0.15) is 12.3 Å². The van der Waals surface area contributed by atoms with Crippen LogP contribution in [0.3, 0.4) is 0 Å². The highest BCUT2D eigenvalue weighted by atomic mass is 16.5. The van der Waals surface area contributed by atoms with Gasteiger partial charge in [0.2, 0.25) is 5.91 Å². The SMILES string of the molecule is CC(C)(C)OCC(=O)N1CCN(Cc2c(-c3ccccc3N)nc3ccccn23)CC1. The van der Waals surface area contributed by atoms with Gasteiger partial charge in [0, 0.05) is 50.2 Å². The Morgan fingerprint density at radius 1 is 1.06 bits per heavy atom. The molecule has 1 fully saturated rings. The van der Waals surface area contributed by atoms with Gasteiger partial charge < -0.3 is 19.8 Å². The number of para-hydroxylation sites is 1. The molecule has 0 atom stereocenters. The van der Waals surface area contributed by atoms with Crippen molar-refractivity contribution in [3.63, 3.8) is 0 Å². The van der Waals surface area contributed by atoms with Crippen LogP contribution in [0.15, 0.2) is 48.7 Å². The number of imidazole rings is 1. The van der Waals surface area contributed by atoms with Crippen molar-refractivity contribution in [2.45, 2.75) is 32.9 Å². The molecule has 1 saturated heterocycles. The number of nitrogens with zero attached hydrogens (tertiary/aromatic N) is 4. The van der Waals surface area contributed by atoms with Crippen LogP contribution in [0.5, 0.6) is 0 Å². The van der Waals surface area contributed by atoms with Gasteiger partial charge in [0.25, 0.3) is 0 Å². The number of carbonyl (C=O) groups is 1. The summed E-state index contributed by atoms with van der Waals surface area (Å²) in [6, 6.07) is 13.9. The summed E-state index contributed by atoms with van der Waals surface area (Å²) in [5.74, 6) is 0.0575. The second-order valence-electron chi connectivity index (χ2n) is 8.98. The number of rotatable bonds is 5. The summed E-state index contributed by atoms with van der Waals surface area (Å²) in [4.78, 5) is 21.6. The van der Waals surface area contributed by atoms with E-state index in [1.807, 2.05) is 74.3 Å². The fraction of sp³-hybridized carbons (Fsp3) is 0.417. The molecule has 1 aromatic carbocycles. The highest BCUT2D eigenvalue weighted by Gasteiger charge is 2.25. The molecule has 3 heterocycles. The Labute approximate surface area is 183 Å². The second-order valence-corrected chi connectivity index (χ2v) is 8.98. The highest BCUT2D eigenvalue weighted by Crippen LogP contribution is 2.30. The molecule has 0 spiro atoms. The Morgan fingerprint density at radius 2 is 1.77 bits per heavy atom. The van der Waals surface area contributed by atoms with Gasteiger partial charge in [0.15, 0.2) is 0 Å². The topological polar surface area (TPSA) is 76.1 Å². The van der Waals surface area contributed by atoms with Crippen molar-refractivity contribution in [3.8, 4) is 11.3 Å². The maximum absolute atomic E-state index is 12.5. The Morgan fingerprint density at radius 3 is 2.48 bits per heavy atom. The minimum atomic E-state index is -0.309. The largest absolute Gasteiger partial charge is 0.398 e. The number of aromatic nitrogens is 2. The van der Waals surface area contributed by atoms with Gasteiger partial charge in [-0.05, 0) is 39.0 Å². The molecule has 7 nitrogen and oxygen atoms in total. The van der Waals surface area contributed by atoms with Crippen LogP contribution in [-0.4, -0.2) is 63.5 Å². The molecule has 31 heavy (non-hydrogen) atoms. The van der Waals surface area contributed by atoms with E-state index in [0.29, 0.717) is 13.1 Å². The van der Waals surface area contributed by atoms with Gasteiger partial charge in [-0.3, -0.25) is 9.69 Å². The average Bonchev–Trinajstić information content (AvgIpc) is 3.10. The first-order chi connectivity index (χ1) is 14.8. The third-order valence-electron chi connectivity index (χ3n) is 5.57. The number of hydrogen-bond donors (Lipinski definition) is 1. The zero-order valence-corrected chi connectivity index (χ0v) is 18.5. The van der Waals surface area contributed by atoms with E-state index in [1.54, 1.807) is 0 Å². The van der Waals surface area contributed by atoms with Crippen LogP contribution in [0.2, 0.25) is 0 Å². The monoisotopic (exact) mass is 421 g/mol. The summed E-state index contributed by atoms with van der Waals surface area (Å²) in [6.07, 6.45) is 2.05. The van der Waals surface area contributed by atoms with Crippen LogP contribution in [-0.2, 0) is 16.1 Å². The smallest absolute Gasteiger partial charge is 0.248 e. The zero-order valence-electron chi connectivity index (χ0n) is 18.5. The number of piperazine rings is 1. The van der Waals surface area contributed by atoms with Crippen molar-refractivity contribution < 1.29 is 9.53 Å². The number of benzene rings is 1. The summed E-state index contributed by atoms with van der Waals surface area (Å²) in [6.45, 7) is 9.79. The number of nitrogens with two attached hydrogens (primary N) is 1. The molecule has 4 rings (SSSR count). The fourth-order valence-electron chi connectivity index (χ4n) is 3.86. The lowest BCUT2D eigenvalue weighted by Gasteiger charge is -2.35. The summed E-state index contributed by atoms with van der Waals surface area (Å²) in [7, 11) is 0. The summed E-state index contributed by atoms with van der Waals surface area (Å²) in [5.41, 5.74) is 10.6. The molecule has 164 valence electrons. The Kier molecular flexibility index (Phi) is 5.98. The van der Waals surface area contributed by atoms with Crippen molar-refractivity contribution in [1.29, 1.82) is 0 Å². The van der Waals surface area contributed by atoms with Gasteiger partial charge in [0.05, 0.1) is 17.0 Å². The molecular formula is C24H31N5O2. The predicted octanol–water partition coefficient (Wildman–Crippen LogP) is 3.04. The number of pyridine rings is 1. The number of anilines is 1. The summed E-state index contributed by atoms with van der Waals surface area (Å²) < 4.78 is 7.79. The Hall–Kier alpha value is -2.90. The van der Waals surface area contributed by atoms with E-state index in [1.165, 1.54) is 0 Å². The molecule has 7 heteroatoms. The van der Waals surface area contributed by atoms with E-state index < -0.39 is 0 Å². The maximum atomic E-state index is 12.5. The van der Waals surface area contributed by atoms with Gasteiger partial charge >= 0.3 is 0 Å². The van der Waals surface area contributed by atoms with Gasteiger partial charge in [-0.2, -0.15) is 0 Å². The normalized spacial score (nSPS) is 15.5. The van der Waals surface area contributed by atoms with Crippen molar-refractivity contribution in [1.82, 2.24) is 19.2 Å². The molecule has 1 aliphatic rings. The molecule has 0 saturated carbocycles. The zero-order chi connectivity index (χ0) is 22.0. The Bertz CT molecular complexity index is 1060. The van der Waals surface area contributed by atoms with Crippen LogP contribution in [0.1, 0.15) is 26.5 Å². The number of hydrogen-bond acceptors (Lipinski definition) is 5. The molecular weight excluding hydrogens is 390 g/mol. The lowest BCUT2D eigenvalue weighted by atomic mass is 10.1. The molecule has 0 bridgehead atoms. The first-order valence-electron chi connectivity index (χ1n) is 10.8. The van der Waals surface area contributed by atoms with E-state index in [2.05, 4.69) is 9.30 Å². The third kappa shape index (κ3) is 4.89. The van der Waals surface area contributed by atoms with E-state index in [4.69, 9.17) is 15.5 Å². The second kappa shape index (κ2) is 8.69. The number of nitrogen functional groups attached to an aromatic ring is 1. The number of amides is 1.